The van der Waals surface area contributed by atoms with Crippen molar-refractivity contribution in [3.05, 3.63) is 41.6 Å². The van der Waals surface area contributed by atoms with Crippen molar-refractivity contribution in [2.24, 2.45) is 18.4 Å². The number of imidazole rings is 1. The van der Waals surface area contributed by atoms with E-state index in [2.05, 4.69) is 9.88 Å². The van der Waals surface area contributed by atoms with Gasteiger partial charge in [0, 0.05) is 49.8 Å². The first-order chi connectivity index (χ1) is 13.0. The van der Waals surface area contributed by atoms with Crippen molar-refractivity contribution in [3.63, 3.8) is 0 Å². The Kier molecular flexibility index (Phi) is 4.58. The van der Waals surface area contributed by atoms with Crippen LogP contribution >= 0.6 is 11.6 Å². The highest BCUT2D eigenvalue weighted by Crippen LogP contribution is 2.39. The third-order valence-corrected chi connectivity index (χ3v) is 6.05. The van der Waals surface area contributed by atoms with Crippen LogP contribution in [0.5, 0.6) is 0 Å². The van der Waals surface area contributed by atoms with Gasteiger partial charge in [-0.25, -0.2) is 9.97 Å². The molecule has 1 aromatic carbocycles. The first kappa shape index (κ1) is 18.2. The highest BCUT2D eigenvalue weighted by atomic mass is 35.5. The minimum Gasteiger partial charge on any atom is -0.396 e. The fraction of sp³-hybridized carbons (Fsp3) is 0.400. The van der Waals surface area contributed by atoms with Gasteiger partial charge in [-0.1, -0.05) is 30.7 Å². The number of aliphatic hydroxyl groups is 2. The van der Waals surface area contributed by atoms with Crippen molar-refractivity contribution < 1.29 is 10.2 Å². The van der Waals surface area contributed by atoms with Crippen molar-refractivity contribution in [2.75, 3.05) is 31.2 Å². The van der Waals surface area contributed by atoms with Crippen LogP contribution in [0.1, 0.15) is 6.92 Å². The highest BCUT2D eigenvalue weighted by Gasteiger charge is 2.42. The van der Waals surface area contributed by atoms with Crippen molar-refractivity contribution >= 4 is 28.5 Å². The Bertz CT molecular complexity index is 989. The van der Waals surface area contributed by atoms with Crippen LogP contribution in [0, 0.1) is 11.3 Å². The van der Waals surface area contributed by atoms with Gasteiger partial charge in [0.05, 0.1) is 22.7 Å². The molecule has 0 radical (unpaired) electrons. The van der Waals surface area contributed by atoms with E-state index in [0.717, 1.165) is 28.2 Å². The molecule has 0 spiro atoms. The summed E-state index contributed by atoms with van der Waals surface area (Å²) in [5, 5.41) is 20.0. The van der Waals surface area contributed by atoms with E-state index in [1.54, 1.807) is 6.20 Å². The Morgan fingerprint density at radius 2 is 2.07 bits per heavy atom. The molecule has 1 fully saturated rings. The van der Waals surface area contributed by atoms with Crippen LogP contribution < -0.4 is 4.90 Å². The van der Waals surface area contributed by atoms with Gasteiger partial charge in [-0.15, -0.1) is 0 Å². The summed E-state index contributed by atoms with van der Waals surface area (Å²) in [6.07, 6.45) is 1.65. The van der Waals surface area contributed by atoms with Gasteiger partial charge in [-0.2, -0.15) is 0 Å². The SMILES string of the molecule is Cn1c(-c2cc(N3C[C@@H](CO)[C@@](C)(CO)C3)ncc2Cl)nc2ccccc21. The fourth-order valence-corrected chi connectivity index (χ4v) is 4.09. The van der Waals surface area contributed by atoms with Crippen molar-refractivity contribution in [3.8, 4) is 11.4 Å². The summed E-state index contributed by atoms with van der Waals surface area (Å²) in [4.78, 5) is 11.3. The maximum Gasteiger partial charge on any atom is 0.142 e. The molecule has 0 bridgehead atoms. The summed E-state index contributed by atoms with van der Waals surface area (Å²) in [5.74, 6) is 1.56. The Hall–Kier alpha value is -2.15. The van der Waals surface area contributed by atoms with Gasteiger partial charge in [-0.05, 0) is 18.2 Å². The number of hydrogen-bond acceptors (Lipinski definition) is 5. The average Bonchev–Trinajstić information content (AvgIpc) is 3.20. The fourth-order valence-electron chi connectivity index (χ4n) is 3.91. The second-order valence-corrected chi connectivity index (χ2v) is 7.98. The molecule has 6 nitrogen and oxygen atoms in total. The second-order valence-electron chi connectivity index (χ2n) is 7.58. The molecule has 3 aromatic rings. The van der Waals surface area contributed by atoms with Gasteiger partial charge in [0.15, 0.2) is 0 Å². The van der Waals surface area contributed by atoms with E-state index in [1.807, 2.05) is 48.9 Å². The number of para-hydroxylation sites is 2. The monoisotopic (exact) mass is 386 g/mol. The number of rotatable bonds is 4. The third-order valence-electron chi connectivity index (χ3n) is 5.75. The van der Waals surface area contributed by atoms with E-state index in [0.29, 0.717) is 18.1 Å². The zero-order chi connectivity index (χ0) is 19.2. The molecule has 2 atom stereocenters. The maximum atomic E-state index is 9.79. The lowest BCUT2D eigenvalue weighted by Gasteiger charge is -2.26. The van der Waals surface area contributed by atoms with Crippen molar-refractivity contribution in [1.82, 2.24) is 14.5 Å². The second kappa shape index (κ2) is 6.78. The number of pyridine rings is 1. The summed E-state index contributed by atoms with van der Waals surface area (Å²) in [6.45, 7) is 3.34. The molecule has 142 valence electrons. The Balaban J connectivity index is 1.75. The van der Waals surface area contributed by atoms with Gasteiger partial charge < -0.3 is 19.7 Å². The lowest BCUT2D eigenvalue weighted by molar-refractivity contribution is 0.0798. The number of halogens is 1. The number of anilines is 1. The van der Waals surface area contributed by atoms with Gasteiger partial charge >= 0.3 is 0 Å². The van der Waals surface area contributed by atoms with E-state index >= 15 is 0 Å². The smallest absolute Gasteiger partial charge is 0.142 e. The van der Waals surface area contributed by atoms with Crippen molar-refractivity contribution in [2.45, 2.75) is 6.92 Å². The topological polar surface area (TPSA) is 74.4 Å². The summed E-state index contributed by atoms with van der Waals surface area (Å²) >= 11 is 6.46. The predicted octanol–water partition coefficient (Wildman–Crippen LogP) is 2.72. The number of nitrogens with zero attached hydrogens (tertiary/aromatic N) is 4. The molecule has 1 saturated heterocycles. The molecule has 0 amide bonds. The van der Waals surface area contributed by atoms with Crippen LogP contribution in [0.15, 0.2) is 36.5 Å². The molecule has 2 aromatic heterocycles. The van der Waals surface area contributed by atoms with Crippen LogP contribution in [0.4, 0.5) is 5.82 Å². The molecule has 0 saturated carbocycles. The van der Waals surface area contributed by atoms with E-state index in [1.165, 1.54) is 0 Å². The number of benzene rings is 1. The third kappa shape index (κ3) is 2.98. The quantitative estimate of drug-likeness (QED) is 0.721. The molecule has 0 unspecified atom stereocenters. The van der Waals surface area contributed by atoms with Gasteiger partial charge in [0.1, 0.15) is 11.6 Å². The molecule has 1 aliphatic heterocycles. The standard InChI is InChI=1S/C20H23ClN4O2/c1-20(12-27)11-25(9-13(20)10-26)18-7-14(15(21)8-22-18)19-23-16-5-3-4-6-17(16)24(19)2/h3-8,13,26-27H,9-12H2,1-2H3/t13-,20+/m0/s1. The largest absolute Gasteiger partial charge is 0.396 e. The first-order valence-corrected chi connectivity index (χ1v) is 9.38. The Morgan fingerprint density at radius 3 is 2.74 bits per heavy atom. The van der Waals surface area contributed by atoms with Crippen molar-refractivity contribution in [1.29, 1.82) is 0 Å². The Morgan fingerprint density at radius 1 is 1.30 bits per heavy atom. The van der Waals surface area contributed by atoms with Gasteiger partial charge in [-0.3, -0.25) is 0 Å². The van der Waals surface area contributed by atoms with Crippen LogP contribution in [0.25, 0.3) is 22.4 Å². The molecule has 2 N–H and O–H groups in total. The van der Waals surface area contributed by atoms with Gasteiger partial charge in [0.2, 0.25) is 0 Å². The molecular formula is C20H23ClN4O2. The number of aryl methyl sites for hydroxylation is 1. The van der Waals surface area contributed by atoms with Crippen LogP contribution in [0.3, 0.4) is 0 Å². The van der Waals surface area contributed by atoms with Crippen LogP contribution in [0.2, 0.25) is 5.02 Å². The molecule has 3 heterocycles. The van der Waals surface area contributed by atoms with E-state index in [4.69, 9.17) is 16.6 Å². The molecule has 0 aliphatic carbocycles. The van der Waals surface area contributed by atoms with Crippen LogP contribution in [-0.4, -0.2) is 51.1 Å². The summed E-state index contributed by atoms with van der Waals surface area (Å²) in [7, 11) is 1.97. The minimum absolute atomic E-state index is 0.000762. The number of aromatic nitrogens is 3. The predicted molar refractivity (Wildman–Crippen MR) is 107 cm³/mol. The lowest BCUT2D eigenvalue weighted by Crippen LogP contribution is -2.32. The summed E-state index contributed by atoms with van der Waals surface area (Å²) in [6, 6.07) is 9.91. The minimum atomic E-state index is -0.353. The van der Waals surface area contributed by atoms with Gasteiger partial charge in [0.25, 0.3) is 0 Å². The Labute approximate surface area is 163 Å². The average molecular weight is 387 g/mol. The molecule has 4 rings (SSSR count). The molecule has 1 aliphatic rings. The zero-order valence-corrected chi connectivity index (χ0v) is 16.2. The summed E-state index contributed by atoms with van der Waals surface area (Å²) < 4.78 is 2.03. The first-order valence-electron chi connectivity index (χ1n) is 9.01. The lowest BCUT2D eigenvalue weighted by atomic mass is 9.81. The molecule has 27 heavy (non-hydrogen) atoms. The number of hydrogen-bond donors (Lipinski definition) is 2. The summed E-state index contributed by atoms with van der Waals surface area (Å²) in [5.41, 5.74) is 2.42. The molecular weight excluding hydrogens is 364 g/mol. The van der Waals surface area contributed by atoms with E-state index in [9.17, 15) is 10.2 Å². The van der Waals surface area contributed by atoms with Crippen LogP contribution in [-0.2, 0) is 7.05 Å². The molecule has 7 heteroatoms. The normalized spacial score (nSPS) is 22.7. The highest BCUT2D eigenvalue weighted by molar-refractivity contribution is 6.33. The number of fused-ring (bicyclic) bond motifs is 1. The maximum absolute atomic E-state index is 9.79. The number of aliphatic hydroxyl groups excluding tert-OH is 2. The zero-order valence-electron chi connectivity index (χ0n) is 15.4. The van der Waals surface area contributed by atoms with E-state index in [-0.39, 0.29) is 24.5 Å². The van der Waals surface area contributed by atoms with E-state index < -0.39 is 0 Å².